The van der Waals surface area contributed by atoms with Crippen molar-refractivity contribution in [1.82, 2.24) is 24.5 Å². The van der Waals surface area contributed by atoms with Crippen LogP contribution in [-0.4, -0.2) is 24.5 Å². The summed E-state index contributed by atoms with van der Waals surface area (Å²) in [7, 11) is 1.91. The number of nitrogens with zero attached hydrogens (tertiary/aromatic N) is 5. The van der Waals surface area contributed by atoms with E-state index in [1.807, 2.05) is 49.7 Å². The zero-order valence-corrected chi connectivity index (χ0v) is 18.4. The highest BCUT2D eigenvalue weighted by atomic mass is 19.1. The summed E-state index contributed by atoms with van der Waals surface area (Å²) in [5.74, 6) is -0.177. The smallest absolute Gasteiger partial charge is 0.322 e. The Morgan fingerprint density at radius 1 is 0.939 bits per heavy atom. The molecule has 0 saturated heterocycles. The number of nitrogen functional groups attached to an aromatic ring is 1. The number of hydrogen-bond acceptors (Lipinski definition) is 6. The van der Waals surface area contributed by atoms with Crippen LogP contribution >= 0.6 is 0 Å². The van der Waals surface area contributed by atoms with E-state index >= 15 is 4.39 Å². The number of aryl methyl sites for hydroxylation is 3. The van der Waals surface area contributed by atoms with Gasteiger partial charge in [0.1, 0.15) is 17.8 Å². The minimum absolute atomic E-state index is 0.0331. The molecular formula is C25H21FN6O. The summed E-state index contributed by atoms with van der Waals surface area (Å²) >= 11 is 0. The van der Waals surface area contributed by atoms with Crippen LogP contribution in [0.25, 0.3) is 33.4 Å². The summed E-state index contributed by atoms with van der Waals surface area (Å²) in [4.78, 5) is 16.8. The fourth-order valence-electron chi connectivity index (χ4n) is 3.92. The van der Waals surface area contributed by atoms with Crippen LogP contribution < -0.4 is 10.5 Å². The van der Waals surface area contributed by atoms with Crippen LogP contribution in [0.4, 0.5) is 10.2 Å². The normalized spacial score (nSPS) is 11.2. The first-order valence-electron chi connectivity index (χ1n) is 10.4. The van der Waals surface area contributed by atoms with Crippen molar-refractivity contribution in [2.24, 2.45) is 7.05 Å². The summed E-state index contributed by atoms with van der Waals surface area (Å²) in [6, 6.07) is 14.7. The Hall–Kier alpha value is -4.33. The molecule has 3 aromatic heterocycles. The molecule has 2 N–H and O–H groups in total. The molecule has 0 amide bonds. The lowest BCUT2D eigenvalue weighted by Gasteiger charge is -2.11. The summed E-state index contributed by atoms with van der Waals surface area (Å²) < 4.78 is 22.7. The second kappa shape index (κ2) is 7.98. The third-order valence-electron chi connectivity index (χ3n) is 5.52. The van der Waals surface area contributed by atoms with Gasteiger partial charge in [-0.3, -0.25) is 0 Å². The van der Waals surface area contributed by atoms with E-state index in [0.717, 1.165) is 28.1 Å². The maximum absolute atomic E-state index is 15.2. The quantitative estimate of drug-likeness (QED) is 0.412. The average Bonchev–Trinajstić information content (AvgIpc) is 3.09. The molecule has 7 nitrogen and oxygen atoms in total. The average molecular weight is 440 g/mol. The summed E-state index contributed by atoms with van der Waals surface area (Å²) in [5.41, 5.74) is 12.0. The second-order valence-corrected chi connectivity index (χ2v) is 7.83. The predicted octanol–water partition coefficient (Wildman–Crippen LogP) is 5.22. The number of halogens is 1. The van der Waals surface area contributed by atoms with Gasteiger partial charge < -0.3 is 15.0 Å². The van der Waals surface area contributed by atoms with Gasteiger partial charge >= 0.3 is 6.01 Å². The number of benzene rings is 2. The van der Waals surface area contributed by atoms with E-state index in [-0.39, 0.29) is 11.8 Å². The Balaban J connectivity index is 1.69. The van der Waals surface area contributed by atoms with Gasteiger partial charge in [0.15, 0.2) is 11.6 Å². The lowest BCUT2D eigenvalue weighted by atomic mass is 9.98. The van der Waals surface area contributed by atoms with Crippen molar-refractivity contribution in [3.8, 4) is 34.1 Å². The number of anilines is 1. The van der Waals surface area contributed by atoms with Crippen molar-refractivity contribution in [3.05, 3.63) is 78.1 Å². The minimum Gasteiger partial charge on any atom is -0.421 e. The van der Waals surface area contributed by atoms with Gasteiger partial charge in [0.2, 0.25) is 0 Å². The largest absolute Gasteiger partial charge is 0.421 e. The zero-order valence-electron chi connectivity index (χ0n) is 18.4. The molecule has 0 atom stereocenters. The van der Waals surface area contributed by atoms with Crippen molar-refractivity contribution in [2.75, 3.05) is 5.73 Å². The highest BCUT2D eigenvalue weighted by Gasteiger charge is 2.22. The van der Waals surface area contributed by atoms with E-state index in [9.17, 15) is 0 Å². The van der Waals surface area contributed by atoms with E-state index in [0.29, 0.717) is 22.4 Å². The molecule has 0 aliphatic rings. The van der Waals surface area contributed by atoms with Crippen molar-refractivity contribution in [3.63, 3.8) is 0 Å². The molecule has 5 rings (SSSR count). The van der Waals surface area contributed by atoms with Gasteiger partial charge in [0.25, 0.3) is 0 Å². The standard InChI is InChI=1S/C25H21FN6O/c1-14-4-6-16(7-5-14)22-20(21-23(27)29-13-30-24(21)32(22)3)17-8-9-19(18(26)12-17)33-25-28-11-10-15(2)31-25/h4-13H,1-3H3,(H2,27,29,30). The summed E-state index contributed by atoms with van der Waals surface area (Å²) in [6.45, 7) is 3.84. The van der Waals surface area contributed by atoms with Crippen LogP contribution in [0, 0.1) is 19.7 Å². The van der Waals surface area contributed by atoms with Gasteiger partial charge in [-0.25, -0.2) is 24.3 Å². The minimum atomic E-state index is -0.542. The van der Waals surface area contributed by atoms with Gasteiger partial charge in [-0.1, -0.05) is 35.9 Å². The van der Waals surface area contributed by atoms with E-state index in [1.165, 1.54) is 12.4 Å². The zero-order chi connectivity index (χ0) is 23.1. The molecule has 0 aliphatic carbocycles. The molecule has 2 aromatic carbocycles. The first-order chi connectivity index (χ1) is 15.9. The third kappa shape index (κ3) is 3.65. The monoisotopic (exact) mass is 440 g/mol. The van der Waals surface area contributed by atoms with Crippen LogP contribution in [0.3, 0.4) is 0 Å². The first-order valence-corrected chi connectivity index (χ1v) is 10.4. The second-order valence-electron chi connectivity index (χ2n) is 7.83. The lowest BCUT2D eigenvalue weighted by Crippen LogP contribution is -1.96. The van der Waals surface area contributed by atoms with Crippen LogP contribution in [0.1, 0.15) is 11.3 Å². The third-order valence-corrected chi connectivity index (χ3v) is 5.52. The molecule has 33 heavy (non-hydrogen) atoms. The fourth-order valence-corrected chi connectivity index (χ4v) is 3.92. The predicted molar refractivity (Wildman–Crippen MR) is 125 cm³/mol. The highest BCUT2D eigenvalue weighted by Crippen LogP contribution is 2.42. The summed E-state index contributed by atoms with van der Waals surface area (Å²) in [5, 5.41) is 0.672. The molecular weight excluding hydrogens is 419 g/mol. The van der Waals surface area contributed by atoms with Crippen LogP contribution in [0.5, 0.6) is 11.8 Å². The first kappa shape index (κ1) is 20.6. The van der Waals surface area contributed by atoms with Crippen molar-refractivity contribution in [2.45, 2.75) is 13.8 Å². The fraction of sp³-hybridized carbons (Fsp3) is 0.120. The van der Waals surface area contributed by atoms with Crippen LogP contribution in [0.15, 0.2) is 61.1 Å². The number of ether oxygens (including phenoxy) is 1. The molecule has 0 fully saturated rings. The van der Waals surface area contributed by atoms with E-state index in [2.05, 4.69) is 19.9 Å². The molecule has 0 bridgehead atoms. The van der Waals surface area contributed by atoms with E-state index in [4.69, 9.17) is 10.5 Å². The molecule has 0 spiro atoms. The SMILES string of the molecule is Cc1ccc(-c2c(-c3ccc(Oc4nccc(C)n4)c(F)c3)c3c(N)ncnc3n2C)cc1. The van der Waals surface area contributed by atoms with Gasteiger partial charge in [-0.15, -0.1) is 0 Å². The highest BCUT2D eigenvalue weighted by molar-refractivity contribution is 6.07. The number of aromatic nitrogens is 5. The Morgan fingerprint density at radius 3 is 2.42 bits per heavy atom. The molecule has 0 unspecified atom stereocenters. The Bertz CT molecular complexity index is 1490. The van der Waals surface area contributed by atoms with Crippen LogP contribution in [-0.2, 0) is 7.05 Å². The van der Waals surface area contributed by atoms with E-state index < -0.39 is 5.82 Å². The molecule has 0 saturated carbocycles. The molecule has 3 heterocycles. The topological polar surface area (TPSA) is 91.7 Å². The van der Waals surface area contributed by atoms with Crippen molar-refractivity contribution < 1.29 is 9.13 Å². The molecule has 5 aromatic rings. The molecule has 0 radical (unpaired) electrons. The Kier molecular flexibility index (Phi) is 4.97. The van der Waals surface area contributed by atoms with Crippen LogP contribution in [0.2, 0.25) is 0 Å². The molecule has 0 aliphatic heterocycles. The van der Waals surface area contributed by atoms with Gasteiger partial charge in [-0.2, -0.15) is 0 Å². The van der Waals surface area contributed by atoms with Crippen molar-refractivity contribution in [1.29, 1.82) is 0 Å². The van der Waals surface area contributed by atoms with Gasteiger partial charge in [0.05, 0.1) is 11.1 Å². The number of hydrogen-bond donors (Lipinski definition) is 1. The molecule has 8 heteroatoms. The molecule has 164 valence electrons. The van der Waals surface area contributed by atoms with Gasteiger partial charge in [0, 0.05) is 24.5 Å². The lowest BCUT2D eigenvalue weighted by molar-refractivity contribution is 0.410. The maximum atomic E-state index is 15.2. The van der Waals surface area contributed by atoms with E-state index in [1.54, 1.807) is 24.4 Å². The number of rotatable bonds is 4. The Labute approximate surface area is 189 Å². The number of fused-ring (bicyclic) bond motifs is 1. The maximum Gasteiger partial charge on any atom is 0.322 e. The Morgan fingerprint density at radius 2 is 1.70 bits per heavy atom. The summed E-state index contributed by atoms with van der Waals surface area (Å²) in [6.07, 6.45) is 3.00. The van der Waals surface area contributed by atoms with Gasteiger partial charge in [-0.05, 0) is 43.2 Å². The number of nitrogens with two attached hydrogens (primary N) is 1. The van der Waals surface area contributed by atoms with Crippen molar-refractivity contribution >= 4 is 16.9 Å².